The van der Waals surface area contributed by atoms with Gasteiger partial charge in [0, 0.05) is 5.56 Å². The van der Waals surface area contributed by atoms with Gasteiger partial charge in [0.15, 0.2) is 0 Å². The summed E-state index contributed by atoms with van der Waals surface area (Å²) in [7, 11) is 0. The molecule has 0 amide bonds. The summed E-state index contributed by atoms with van der Waals surface area (Å²) in [6.07, 6.45) is 0.517. The fraction of sp³-hybridized carbons (Fsp3) is 0.292. The molecule has 0 unspecified atom stereocenters. The average Bonchev–Trinajstić information content (AvgIpc) is 2.65. The zero-order valence-corrected chi connectivity index (χ0v) is 16.7. The Bertz CT molecular complexity index is 1030. The Labute approximate surface area is 165 Å². The van der Waals surface area contributed by atoms with E-state index in [1.807, 2.05) is 50.2 Å². The van der Waals surface area contributed by atoms with Gasteiger partial charge in [0.1, 0.15) is 11.5 Å². The average molecular weight is 378 g/mol. The highest BCUT2D eigenvalue weighted by atomic mass is 16.5. The molecule has 28 heavy (non-hydrogen) atoms. The highest BCUT2D eigenvalue weighted by Crippen LogP contribution is 2.41. The second kappa shape index (κ2) is 7.55. The molecule has 0 heterocycles. The fourth-order valence-electron chi connectivity index (χ4n) is 3.73. The van der Waals surface area contributed by atoms with Crippen molar-refractivity contribution in [2.45, 2.75) is 39.5 Å². The van der Waals surface area contributed by atoms with Crippen LogP contribution in [0.25, 0.3) is 10.8 Å². The van der Waals surface area contributed by atoms with Crippen LogP contribution in [0.2, 0.25) is 0 Å². The molecular formula is C24H26O4. The van der Waals surface area contributed by atoms with E-state index < -0.39 is 5.41 Å². The van der Waals surface area contributed by atoms with Crippen molar-refractivity contribution < 1.29 is 19.7 Å². The number of carbonyl (C=O) groups excluding carboxylic acids is 1. The Morgan fingerprint density at radius 2 is 1.68 bits per heavy atom. The molecule has 0 fully saturated rings. The van der Waals surface area contributed by atoms with Gasteiger partial charge < -0.3 is 14.9 Å². The Morgan fingerprint density at radius 1 is 1.00 bits per heavy atom. The number of phenols is 2. The van der Waals surface area contributed by atoms with Gasteiger partial charge in [0.05, 0.1) is 12.2 Å². The topological polar surface area (TPSA) is 66.8 Å². The molecule has 146 valence electrons. The van der Waals surface area contributed by atoms with Crippen LogP contribution in [0.4, 0.5) is 0 Å². The maximum atomic E-state index is 12.4. The fourth-order valence-corrected chi connectivity index (χ4v) is 3.73. The monoisotopic (exact) mass is 378 g/mol. The summed E-state index contributed by atoms with van der Waals surface area (Å²) in [6, 6.07) is 14.9. The standard InChI is InChI=1S/C24H26O4/c1-15-13-20(25)21(16(2)22(15)26)24(3,4)11-12-28-23(27)19-10-9-17-7-5-6-8-18(17)14-19/h5-10,13-14,25-26H,11-12H2,1-4H3. The number of hydrogen-bond acceptors (Lipinski definition) is 4. The van der Waals surface area contributed by atoms with E-state index in [0.717, 1.165) is 10.8 Å². The minimum atomic E-state index is -0.469. The zero-order chi connectivity index (χ0) is 20.5. The zero-order valence-electron chi connectivity index (χ0n) is 16.7. The lowest BCUT2D eigenvalue weighted by Gasteiger charge is -2.28. The third-order valence-corrected chi connectivity index (χ3v) is 5.34. The van der Waals surface area contributed by atoms with Gasteiger partial charge in [0.2, 0.25) is 0 Å². The van der Waals surface area contributed by atoms with Crippen LogP contribution in [0.3, 0.4) is 0 Å². The minimum Gasteiger partial charge on any atom is -0.508 e. The van der Waals surface area contributed by atoms with E-state index >= 15 is 0 Å². The molecule has 0 spiro atoms. The summed E-state index contributed by atoms with van der Waals surface area (Å²) in [6.45, 7) is 7.69. The van der Waals surface area contributed by atoms with Gasteiger partial charge in [0.25, 0.3) is 0 Å². The second-order valence-corrected chi connectivity index (χ2v) is 7.89. The van der Waals surface area contributed by atoms with Crippen LogP contribution in [-0.2, 0) is 10.2 Å². The summed E-state index contributed by atoms with van der Waals surface area (Å²) in [5.74, 6) is -0.0260. The predicted molar refractivity (Wildman–Crippen MR) is 111 cm³/mol. The van der Waals surface area contributed by atoms with E-state index in [4.69, 9.17) is 4.74 Å². The number of aryl methyl sites for hydroxylation is 1. The molecule has 3 aromatic carbocycles. The summed E-state index contributed by atoms with van der Waals surface area (Å²) in [5.41, 5.74) is 2.02. The number of rotatable bonds is 5. The van der Waals surface area contributed by atoms with Crippen LogP contribution in [0.15, 0.2) is 48.5 Å². The molecule has 0 aliphatic heterocycles. The summed E-state index contributed by atoms with van der Waals surface area (Å²) < 4.78 is 5.48. The van der Waals surface area contributed by atoms with Crippen molar-refractivity contribution in [2.75, 3.05) is 6.61 Å². The Hall–Kier alpha value is -3.01. The first-order valence-corrected chi connectivity index (χ1v) is 9.39. The molecule has 0 saturated carbocycles. The molecule has 0 bridgehead atoms. The number of ether oxygens (including phenoxy) is 1. The first kappa shape index (κ1) is 19.7. The highest BCUT2D eigenvalue weighted by molar-refractivity contribution is 5.95. The smallest absolute Gasteiger partial charge is 0.338 e. The van der Waals surface area contributed by atoms with Gasteiger partial charge in [-0.1, -0.05) is 44.2 Å². The number of esters is 1. The van der Waals surface area contributed by atoms with Crippen LogP contribution < -0.4 is 0 Å². The minimum absolute atomic E-state index is 0.152. The van der Waals surface area contributed by atoms with Crippen LogP contribution in [-0.4, -0.2) is 22.8 Å². The number of aromatic hydroxyl groups is 2. The molecular weight excluding hydrogens is 352 g/mol. The van der Waals surface area contributed by atoms with Gasteiger partial charge in [-0.3, -0.25) is 0 Å². The Kier molecular flexibility index (Phi) is 5.32. The van der Waals surface area contributed by atoms with Crippen molar-refractivity contribution in [3.8, 4) is 11.5 Å². The molecule has 2 N–H and O–H groups in total. The largest absolute Gasteiger partial charge is 0.508 e. The lowest BCUT2D eigenvalue weighted by atomic mass is 9.78. The first-order chi connectivity index (χ1) is 13.2. The number of carbonyl (C=O) groups is 1. The van der Waals surface area contributed by atoms with Crippen LogP contribution >= 0.6 is 0 Å². The molecule has 4 heteroatoms. The van der Waals surface area contributed by atoms with E-state index in [1.54, 1.807) is 26.0 Å². The Balaban J connectivity index is 1.71. The third-order valence-electron chi connectivity index (χ3n) is 5.34. The SMILES string of the molecule is Cc1cc(O)c(C(C)(C)CCOC(=O)c2ccc3ccccc3c2)c(C)c1O. The van der Waals surface area contributed by atoms with Gasteiger partial charge in [-0.25, -0.2) is 4.79 Å². The highest BCUT2D eigenvalue weighted by Gasteiger charge is 2.28. The van der Waals surface area contributed by atoms with E-state index in [9.17, 15) is 15.0 Å². The molecule has 0 aliphatic carbocycles. The molecule has 0 atom stereocenters. The Morgan fingerprint density at radius 3 is 2.39 bits per heavy atom. The maximum absolute atomic E-state index is 12.4. The van der Waals surface area contributed by atoms with E-state index in [0.29, 0.717) is 28.7 Å². The van der Waals surface area contributed by atoms with Crippen molar-refractivity contribution in [3.05, 3.63) is 70.8 Å². The first-order valence-electron chi connectivity index (χ1n) is 9.39. The lowest BCUT2D eigenvalue weighted by Crippen LogP contribution is -2.22. The van der Waals surface area contributed by atoms with E-state index in [2.05, 4.69) is 0 Å². The van der Waals surface area contributed by atoms with Crippen molar-refractivity contribution in [2.24, 2.45) is 0 Å². The number of benzene rings is 3. The van der Waals surface area contributed by atoms with Gasteiger partial charge in [-0.2, -0.15) is 0 Å². The molecule has 0 saturated heterocycles. The van der Waals surface area contributed by atoms with Crippen LogP contribution in [0, 0.1) is 13.8 Å². The predicted octanol–water partition coefficient (Wildman–Crippen LogP) is 5.39. The number of fused-ring (bicyclic) bond motifs is 1. The van der Waals surface area contributed by atoms with Crippen molar-refractivity contribution in [3.63, 3.8) is 0 Å². The van der Waals surface area contributed by atoms with Gasteiger partial charge in [-0.05, 0) is 65.8 Å². The molecule has 3 aromatic rings. The molecule has 4 nitrogen and oxygen atoms in total. The summed E-state index contributed by atoms with van der Waals surface area (Å²) in [5, 5.41) is 22.7. The maximum Gasteiger partial charge on any atom is 0.338 e. The van der Waals surface area contributed by atoms with Crippen molar-refractivity contribution in [1.82, 2.24) is 0 Å². The second-order valence-electron chi connectivity index (χ2n) is 7.89. The van der Waals surface area contributed by atoms with E-state index in [1.165, 1.54) is 0 Å². The number of phenolic OH excluding ortho intramolecular Hbond substituents is 2. The molecule has 0 radical (unpaired) electrons. The van der Waals surface area contributed by atoms with Gasteiger partial charge >= 0.3 is 5.97 Å². The van der Waals surface area contributed by atoms with Crippen LogP contribution in [0.5, 0.6) is 11.5 Å². The van der Waals surface area contributed by atoms with Gasteiger partial charge in [-0.15, -0.1) is 0 Å². The summed E-state index contributed by atoms with van der Waals surface area (Å²) in [4.78, 5) is 12.4. The molecule has 0 aromatic heterocycles. The molecule has 0 aliphatic rings. The lowest BCUT2D eigenvalue weighted by molar-refractivity contribution is 0.0480. The normalized spacial score (nSPS) is 11.6. The number of hydrogen-bond donors (Lipinski definition) is 2. The van der Waals surface area contributed by atoms with Crippen molar-refractivity contribution in [1.29, 1.82) is 0 Å². The third kappa shape index (κ3) is 3.81. The summed E-state index contributed by atoms with van der Waals surface area (Å²) >= 11 is 0. The van der Waals surface area contributed by atoms with E-state index in [-0.39, 0.29) is 24.1 Å². The van der Waals surface area contributed by atoms with Crippen molar-refractivity contribution >= 4 is 16.7 Å². The molecule has 3 rings (SSSR count). The van der Waals surface area contributed by atoms with Crippen LogP contribution in [0.1, 0.15) is 47.3 Å². The quantitative estimate of drug-likeness (QED) is 0.461.